The first kappa shape index (κ1) is 23.5. The fourth-order valence-electron chi connectivity index (χ4n) is 4.48. The topological polar surface area (TPSA) is 52.8 Å². The number of ether oxygens (including phenoxy) is 1. The van der Waals surface area contributed by atoms with Crippen molar-refractivity contribution in [3.8, 4) is 28.4 Å². The van der Waals surface area contributed by atoms with Gasteiger partial charge in [-0.2, -0.15) is 0 Å². The minimum Gasteiger partial charge on any atom is -0.475 e. The molecule has 1 aliphatic rings. The summed E-state index contributed by atoms with van der Waals surface area (Å²) in [4.78, 5) is 14.2. The summed E-state index contributed by atoms with van der Waals surface area (Å²) in [5.74, 6) is 1.67. The normalized spacial score (nSPS) is 14.5. The number of thioether (sulfide) groups is 1. The van der Waals surface area contributed by atoms with Crippen LogP contribution in [0.25, 0.3) is 34.7 Å². The van der Waals surface area contributed by atoms with Gasteiger partial charge in [0.15, 0.2) is 0 Å². The highest BCUT2D eigenvalue weighted by Crippen LogP contribution is 2.40. The van der Waals surface area contributed by atoms with E-state index in [1.807, 2.05) is 24.6 Å². The van der Waals surface area contributed by atoms with Crippen molar-refractivity contribution >= 4 is 38.5 Å². The van der Waals surface area contributed by atoms with Crippen LogP contribution in [0.4, 0.5) is 0 Å². The van der Waals surface area contributed by atoms with Crippen LogP contribution >= 0.6 is 21.0 Å². The molecule has 1 unspecified atom stereocenters. The number of rotatable bonds is 8. The number of aromatic nitrogens is 4. The molecule has 2 atom stereocenters. The van der Waals surface area contributed by atoms with E-state index in [4.69, 9.17) is 9.72 Å². The summed E-state index contributed by atoms with van der Waals surface area (Å²) in [6, 6.07) is 16.7. The molecular formula is C28H27N4OPS. The Hall–Kier alpha value is -3.21. The standard InChI is InChI=1S/C28H27N4OPS/c1-4-18-8-13-25(30-23(18)5-2)33-17-21-9-12-24-31-27(19-6-10-22(34)11-7-19)28(32(21)24)20-14-15-29-26(16-20)35-3/h4-8,10-11,13-16,21H,1-2,9,12,17,34H2,3H3/t21-/m0/s1. The van der Waals surface area contributed by atoms with Crippen molar-refractivity contribution < 1.29 is 4.74 Å². The molecule has 1 aromatic carbocycles. The van der Waals surface area contributed by atoms with Crippen LogP contribution in [0.2, 0.25) is 0 Å². The van der Waals surface area contributed by atoms with Gasteiger partial charge in [0.2, 0.25) is 5.88 Å². The van der Waals surface area contributed by atoms with E-state index in [1.165, 1.54) is 0 Å². The van der Waals surface area contributed by atoms with Gasteiger partial charge in [-0.3, -0.25) is 0 Å². The summed E-state index contributed by atoms with van der Waals surface area (Å²) in [5.41, 5.74) is 6.04. The highest BCUT2D eigenvalue weighted by atomic mass is 32.2. The van der Waals surface area contributed by atoms with E-state index in [0.717, 1.165) is 62.8 Å². The molecule has 7 heteroatoms. The summed E-state index contributed by atoms with van der Waals surface area (Å²) in [6.07, 6.45) is 9.30. The van der Waals surface area contributed by atoms with Crippen LogP contribution in [0.1, 0.15) is 29.5 Å². The van der Waals surface area contributed by atoms with Crippen LogP contribution in [0.15, 0.2) is 72.9 Å². The van der Waals surface area contributed by atoms with E-state index < -0.39 is 0 Å². The van der Waals surface area contributed by atoms with Gasteiger partial charge in [0.05, 0.1) is 28.1 Å². The van der Waals surface area contributed by atoms with Crippen LogP contribution in [0.5, 0.6) is 5.88 Å². The number of benzene rings is 1. The molecule has 176 valence electrons. The third kappa shape index (κ3) is 4.69. The molecule has 5 rings (SSSR count). The first-order valence-corrected chi connectivity index (χ1v) is 13.3. The molecule has 0 amide bonds. The Morgan fingerprint density at radius 3 is 2.66 bits per heavy atom. The molecule has 0 spiro atoms. The fourth-order valence-corrected chi connectivity index (χ4v) is 5.09. The lowest BCUT2D eigenvalue weighted by Gasteiger charge is -2.18. The molecule has 0 saturated carbocycles. The van der Waals surface area contributed by atoms with E-state index in [2.05, 4.69) is 73.3 Å². The monoisotopic (exact) mass is 498 g/mol. The van der Waals surface area contributed by atoms with Gasteiger partial charge in [-0.05, 0) is 47.8 Å². The van der Waals surface area contributed by atoms with Crippen LogP contribution in [-0.4, -0.2) is 32.4 Å². The lowest BCUT2D eigenvalue weighted by molar-refractivity contribution is 0.247. The number of aryl methyl sites for hydroxylation is 1. The third-order valence-electron chi connectivity index (χ3n) is 6.22. The van der Waals surface area contributed by atoms with Gasteiger partial charge in [-0.1, -0.05) is 43.5 Å². The molecule has 0 N–H and O–H groups in total. The Bertz CT molecular complexity index is 1400. The summed E-state index contributed by atoms with van der Waals surface area (Å²) in [6.45, 7) is 8.21. The smallest absolute Gasteiger partial charge is 0.213 e. The molecule has 0 radical (unpaired) electrons. The van der Waals surface area contributed by atoms with Crippen LogP contribution in [-0.2, 0) is 6.42 Å². The van der Waals surface area contributed by atoms with Crippen molar-refractivity contribution in [2.45, 2.75) is 23.9 Å². The zero-order chi connectivity index (χ0) is 24.4. The lowest BCUT2D eigenvalue weighted by atomic mass is 10.0. The molecule has 3 aromatic heterocycles. The highest BCUT2D eigenvalue weighted by molar-refractivity contribution is 7.98. The minimum atomic E-state index is 0.154. The van der Waals surface area contributed by atoms with Gasteiger partial charge in [-0.25, -0.2) is 15.0 Å². The third-order valence-corrected chi connectivity index (χ3v) is 7.25. The molecular weight excluding hydrogens is 471 g/mol. The number of imidazole rings is 1. The van der Waals surface area contributed by atoms with E-state index in [9.17, 15) is 0 Å². The van der Waals surface area contributed by atoms with Crippen LogP contribution < -0.4 is 10.0 Å². The van der Waals surface area contributed by atoms with Gasteiger partial charge in [0.1, 0.15) is 12.4 Å². The number of nitrogens with zero attached hydrogens (tertiary/aromatic N) is 4. The number of fused-ring (bicyclic) bond motifs is 1. The van der Waals surface area contributed by atoms with Crippen molar-refractivity contribution in [3.63, 3.8) is 0 Å². The second kappa shape index (κ2) is 10.2. The maximum atomic E-state index is 6.19. The van der Waals surface area contributed by atoms with E-state index in [-0.39, 0.29) is 6.04 Å². The summed E-state index contributed by atoms with van der Waals surface area (Å²) < 4.78 is 8.55. The molecule has 0 saturated heterocycles. The van der Waals surface area contributed by atoms with E-state index >= 15 is 0 Å². The zero-order valence-corrected chi connectivity index (χ0v) is 21.6. The van der Waals surface area contributed by atoms with E-state index in [0.29, 0.717) is 12.5 Å². The van der Waals surface area contributed by atoms with Crippen molar-refractivity contribution in [2.24, 2.45) is 0 Å². The summed E-state index contributed by atoms with van der Waals surface area (Å²) >= 11 is 1.64. The van der Waals surface area contributed by atoms with Gasteiger partial charge < -0.3 is 9.30 Å². The maximum absolute atomic E-state index is 6.19. The molecule has 4 heterocycles. The highest BCUT2D eigenvalue weighted by Gasteiger charge is 2.31. The Kier molecular flexibility index (Phi) is 6.85. The Balaban J connectivity index is 1.53. The first-order chi connectivity index (χ1) is 17.1. The first-order valence-electron chi connectivity index (χ1n) is 11.5. The molecule has 1 aliphatic heterocycles. The average molecular weight is 499 g/mol. The molecule has 0 aliphatic carbocycles. The second-order valence-electron chi connectivity index (χ2n) is 8.34. The molecule has 4 aromatic rings. The maximum Gasteiger partial charge on any atom is 0.213 e. The summed E-state index contributed by atoms with van der Waals surface area (Å²) in [5, 5.41) is 2.13. The minimum absolute atomic E-state index is 0.154. The van der Waals surface area contributed by atoms with Crippen LogP contribution in [0.3, 0.4) is 0 Å². The van der Waals surface area contributed by atoms with Crippen molar-refractivity contribution in [2.75, 3.05) is 12.9 Å². The quantitative estimate of drug-likeness (QED) is 0.218. The predicted octanol–water partition coefficient (Wildman–Crippen LogP) is 6.08. The Morgan fingerprint density at radius 2 is 1.91 bits per heavy atom. The zero-order valence-electron chi connectivity index (χ0n) is 19.6. The number of hydrogen-bond acceptors (Lipinski definition) is 5. The van der Waals surface area contributed by atoms with E-state index in [1.54, 1.807) is 23.9 Å². The largest absolute Gasteiger partial charge is 0.475 e. The van der Waals surface area contributed by atoms with Gasteiger partial charge in [0, 0.05) is 29.8 Å². The van der Waals surface area contributed by atoms with Crippen molar-refractivity contribution in [1.29, 1.82) is 0 Å². The van der Waals surface area contributed by atoms with Gasteiger partial charge >= 0.3 is 0 Å². The SMILES string of the molecule is C=Cc1ccc(OC[C@@H]2CCc3nc(-c4ccc(P)cc4)c(-c4ccnc(SC)c4)n32)nc1C=C. The van der Waals surface area contributed by atoms with Crippen molar-refractivity contribution in [1.82, 2.24) is 19.5 Å². The average Bonchev–Trinajstić information content (AvgIpc) is 3.47. The summed E-state index contributed by atoms with van der Waals surface area (Å²) in [7, 11) is 2.74. The van der Waals surface area contributed by atoms with Crippen molar-refractivity contribution in [3.05, 3.63) is 85.0 Å². The number of hydrogen-bond donors (Lipinski definition) is 0. The number of pyridine rings is 2. The molecule has 5 nitrogen and oxygen atoms in total. The lowest BCUT2D eigenvalue weighted by Crippen LogP contribution is -2.15. The predicted molar refractivity (Wildman–Crippen MR) is 149 cm³/mol. The fraction of sp³-hybridized carbons (Fsp3) is 0.179. The molecule has 0 fully saturated rings. The molecule has 0 bridgehead atoms. The van der Waals surface area contributed by atoms with Gasteiger partial charge in [0.25, 0.3) is 0 Å². The van der Waals surface area contributed by atoms with Crippen LogP contribution in [0, 0.1) is 0 Å². The van der Waals surface area contributed by atoms with Gasteiger partial charge in [-0.15, -0.1) is 21.0 Å². The second-order valence-corrected chi connectivity index (χ2v) is 9.83. The Labute approximate surface area is 212 Å². The molecule has 35 heavy (non-hydrogen) atoms. The Morgan fingerprint density at radius 1 is 1.09 bits per heavy atom.